The zero-order valence-corrected chi connectivity index (χ0v) is 13.3. The molecule has 1 aromatic rings. The van der Waals surface area contributed by atoms with Gasteiger partial charge in [0.05, 0.1) is 6.61 Å². The van der Waals surface area contributed by atoms with Gasteiger partial charge in [-0.05, 0) is 24.7 Å². The van der Waals surface area contributed by atoms with Crippen molar-refractivity contribution in [1.82, 2.24) is 0 Å². The molecule has 18 heavy (non-hydrogen) atoms. The van der Waals surface area contributed by atoms with Crippen LogP contribution in [0.25, 0.3) is 0 Å². The zero-order valence-electron chi connectivity index (χ0n) is 12.3. The number of hydrogen-bond donors (Lipinski definition) is 0. The van der Waals surface area contributed by atoms with Gasteiger partial charge in [-0.3, -0.25) is 0 Å². The summed E-state index contributed by atoms with van der Waals surface area (Å²) in [6, 6.07) is 11.7. The van der Waals surface area contributed by atoms with E-state index in [2.05, 4.69) is 57.3 Å². The summed E-state index contributed by atoms with van der Waals surface area (Å²) in [6.07, 6.45) is 0. The van der Waals surface area contributed by atoms with E-state index in [1.54, 1.807) is 7.11 Å². The first-order chi connectivity index (χ1) is 8.35. The number of ether oxygens (including phenoxy) is 1. The highest BCUT2D eigenvalue weighted by atomic mass is 28.4. The fraction of sp³-hybridized carbons (Fsp3) is 0.600. The molecule has 0 spiro atoms. The van der Waals surface area contributed by atoms with Gasteiger partial charge in [0.1, 0.15) is 0 Å². The first kappa shape index (κ1) is 15.4. The summed E-state index contributed by atoms with van der Waals surface area (Å²) in [5.41, 5.74) is 1.47. The van der Waals surface area contributed by atoms with Crippen LogP contribution in [0.1, 0.15) is 19.4 Å². The molecule has 0 heterocycles. The summed E-state index contributed by atoms with van der Waals surface area (Å²) in [7, 11) is 0.106. The number of hydrogen-bond acceptors (Lipinski definition) is 2. The Kier molecular flexibility index (Phi) is 5.57. The third-order valence-corrected chi connectivity index (χ3v) is 5.05. The standard InChI is InChI=1S/C15H26O2Si/c1-15(2,12-16-3)13-17-18(4,5)11-14-9-7-6-8-10-14/h6-10H,11-13H2,1-5H3. The summed E-state index contributed by atoms with van der Waals surface area (Å²) >= 11 is 0. The van der Waals surface area contributed by atoms with E-state index in [9.17, 15) is 0 Å². The summed E-state index contributed by atoms with van der Waals surface area (Å²) in [4.78, 5) is 0. The van der Waals surface area contributed by atoms with E-state index in [1.807, 2.05) is 0 Å². The second-order valence-electron chi connectivity index (χ2n) is 6.31. The minimum absolute atomic E-state index is 0.0930. The lowest BCUT2D eigenvalue weighted by Gasteiger charge is -2.30. The van der Waals surface area contributed by atoms with Crippen LogP contribution in [0.15, 0.2) is 30.3 Å². The molecule has 0 radical (unpaired) electrons. The van der Waals surface area contributed by atoms with Crippen LogP contribution in [-0.2, 0) is 15.2 Å². The average Bonchev–Trinajstić information content (AvgIpc) is 2.28. The van der Waals surface area contributed by atoms with Crippen molar-refractivity contribution in [1.29, 1.82) is 0 Å². The van der Waals surface area contributed by atoms with E-state index in [-0.39, 0.29) is 5.41 Å². The van der Waals surface area contributed by atoms with Crippen molar-refractivity contribution in [3.8, 4) is 0 Å². The van der Waals surface area contributed by atoms with Gasteiger partial charge in [0.15, 0.2) is 8.32 Å². The van der Waals surface area contributed by atoms with Crippen molar-refractivity contribution in [2.24, 2.45) is 5.41 Å². The molecule has 0 aliphatic heterocycles. The van der Waals surface area contributed by atoms with Crippen molar-refractivity contribution in [2.45, 2.75) is 33.0 Å². The van der Waals surface area contributed by atoms with Gasteiger partial charge in [-0.15, -0.1) is 0 Å². The summed E-state index contributed by atoms with van der Waals surface area (Å²) < 4.78 is 11.4. The van der Waals surface area contributed by atoms with Crippen LogP contribution in [0.5, 0.6) is 0 Å². The lowest BCUT2D eigenvalue weighted by Crippen LogP contribution is -2.38. The quantitative estimate of drug-likeness (QED) is 0.701. The molecule has 0 N–H and O–H groups in total. The van der Waals surface area contributed by atoms with Gasteiger partial charge in [0.2, 0.25) is 0 Å². The molecule has 2 nitrogen and oxygen atoms in total. The topological polar surface area (TPSA) is 18.5 Å². The molecule has 0 aliphatic carbocycles. The van der Waals surface area contributed by atoms with Gasteiger partial charge in [0.25, 0.3) is 0 Å². The van der Waals surface area contributed by atoms with Crippen molar-refractivity contribution in [3.63, 3.8) is 0 Å². The molecular formula is C15H26O2Si. The average molecular weight is 266 g/mol. The van der Waals surface area contributed by atoms with Gasteiger partial charge >= 0.3 is 0 Å². The third kappa shape index (κ3) is 5.80. The Labute approximate surface area is 112 Å². The second kappa shape index (κ2) is 6.50. The first-order valence-corrected chi connectivity index (χ1v) is 9.63. The maximum absolute atomic E-state index is 6.21. The minimum Gasteiger partial charge on any atom is -0.416 e. The Morgan fingerprint density at radius 3 is 2.22 bits per heavy atom. The lowest BCUT2D eigenvalue weighted by molar-refractivity contribution is 0.0613. The smallest absolute Gasteiger partial charge is 0.191 e. The van der Waals surface area contributed by atoms with E-state index in [0.717, 1.165) is 19.3 Å². The molecule has 0 unspecified atom stereocenters. The molecule has 0 saturated carbocycles. The van der Waals surface area contributed by atoms with E-state index in [4.69, 9.17) is 9.16 Å². The van der Waals surface area contributed by atoms with Crippen molar-refractivity contribution in [2.75, 3.05) is 20.3 Å². The molecule has 3 heteroatoms. The van der Waals surface area contributed by atoms with Gasteiger partial charge in [0, 0.05) is 19.1 Å². The summed E-state index contributed by atoms with van der Waals surface area (Å²) in [5.74, 6) is 0. The molecule has 0 fully saturated rings. The third-order valence-electron chi connectivity index (χ3n) is 2.86. The molecular weight excluding hydrogens is 240 g/mol. The predicted molar refractivity (Wildman–Crippen MR) is 79.2 cm³/mol. The van der Waals surface area contributed by atoms with Gasteiger partial charge in [-0.2, -0.15) is 0 Å². The molecule has 0 bridgehead atoms. The fourth-order valence-electron chi connectivity index (χ4n) is 1.96. The Balaban J connectivity index is 2.50. The summed E-state index contributed by atoms with van der Waals surface area (Å²) in [6.45, 7) is 10.4. The van der Waals surface area contributed by atoms with Crippen molar-refractivity contribution in [3.05, 3.63) is 35.9 Å². The van der Waals surface area contributed by atoms with E-state index in [1.165, 1.54) is 5.56 Å². The van der Waals surface area contributed by atoms with Crippen molar-refractivity contribution < 1.29 is 9.16 Å². The van der Waals surface area contributed by atoms with Crippen LogP contribution in [-0.4, -0.2) is 28.6 Å². The van der Waals surface area contributed by atoms with Gasteiger partial charge in [-0.1, -0.05) is 44.2 Å². The van der Waals surface area contributed by atoms with Crippen LogP contribution in [0.2, 0.25) is 13.1 Å². The largest absolute Gasteiger partial charge is 0.416 e. The number of benzene rings is 1. The highest BCUT2D eigenvalue weighted by Crippen LogP contribution is 2.20. The van der Waals surface area contributed by atoms with Crippen LogP contribution in [0.3, 0.4) is 0 Å². The highest BCUT2D eigenvalue weighted by Gasteiger charge is 2.27. The Morgan fingerprint density at radius 1 is 1.06 bits per heavy atom. The lowest BCUT2D eigenvalue weighted by atomic mass is 9.97. The van der Waals surface area contributed by atoms with Crippen LogP contribution < -0.4 is 0 Å². The molecule has 0 aromatic heterocycles. The summed E-state index contributed by atoms with van der Waals surface area (Å²) in [5, 5.41) is 0. The first-order valence-electron chi connectivity index (χ1n) is 6.51. The normalized spacial score (nSPS) is 12.7. The molecule has 0 atom stereocenters. The maximum Gasteiger partial charge on any atom is 0.191 e. The van der Waals surface area contributed by atoms with Crippen LogP contribution >= 0.6 is 0 Å². The molecule has 0 amide bonds. The fourth-order valence-corrected chi connectivity index (χ4v) is 4.06. The number of rotatable bonds is 7. The zero-order chi connectivity index (χ0) is 13.6. The molecule has 1 rings (SSSR count). The minimum atomic E-state index is -1.64. The molecule has 0 saturated heterocycles. The Hall–Kier alpha value is -0.643. The highest BCUT2D eigenvalue weighted by molar-refractivity contribution is 6.70. The van der Waals surface area contributed by atoms with Crippen LogP contribution in [0.4, 0.5) is 0 Å². The van der Waals surface area contributed by atoms with Gasteiger partial charge in [-0.25, -0.2) is 0 Å². The van der Waals surface area contributed by atoms with E-state index in [0.29, 0.717) is 0 Å². The van der Waals surface area contributed by atoms with E-state index < -0.39 is 8.32 Å². The Morgan fingerprint density at radius 2 is 1.67 bits per heavy atom. The second-order valence-corrected chi connectivity index (χ2v) is 10.5. The number of methoxy groups -OCH3 is 1. The molecule has 1 aromatic carbocycles. The molecule has 0 aliphatic rings. The van der Waals surface area contributed by atoms with Crippen molar-refractivity contribution >= 4 is 8.32 Å². The molecule has 102 valence electrons. The maximum atomic E-state index is 6.21. The van der Waals surface area contributed by atoms with Crippen LogP contribution in [0, 0.1) is 5.41 Å². The SMILES string of the molecule is COCC(C)(C)CO[Si](C)(C)Cc1ccccc1. The Bertz CT molecular complexity index is 347. The van der Waals surface area contributed by atoms with E-state index >= 15 is 0 Å². The monoisotopic (exact) mass is 266 g/mol. The predicted octanol–water partition coefficient (Wildman–Crippen LogP) is 3.66. The van der Waals surface area contributed by atoms with Gasteiger partial charge < -0.3 is 9.16 Å².